The minimum absolute atomic E-state index is 0.123. The molecule has 3 rings (SSSR count). The van der Waals surface area contributed by atoms with Crippen LogP contribution < -0.4 is 5.32 Å². The molecule has 1 N–H and O–H groups in total. The third-order valence-corrected chi connectivity index (χ3v) is 5.21. The van der Waals surface area contributed by atoms with Crippen LogP contribution in [0.5, 0.6) is 0 Å². The van der Waals surface area contributed by atoms with Gasteiger partial charge in [0, 0.05) is 18.3 Å². The molecule has 1 amide bonds. The number of nitrogens with zero attached hydrogens (tertiary/aromatic N) is 3. The summed E-state index contributed by atoms with van der Waals surface area (Å²) in [6, 6.07) is 3.64. The quantitative estimate of drug-likeness (QED) is 0.785. The maximum Gasteiger partial charge on any atom is 0.263 e. The molecular formula is C17H20N4O2S. The molecule has 3 aromatic heterocycles. The molecule has 0 aliphatic carbocycles. The lowest BCUT2D eigenvalue weighted by molar-refractivity contribution is 0.0943. The number of carbonyl (C=O) groups excluding carboxylic acids is 1. The van der Waals surface area contributed by atoms with E-state index in [9.17, 15) is 4.79 Å². The maximum absolute atomic E-state index is 12.6. The minimum Gasteiger partial charge on any atom is -0.459 e. The highest BCUT2D eigenvalue weighted by Crippen LogP contribution is 2.29. The van der Waals surface area contributed by atoms with Gasteiger partial charge in [0.05, 0.1) is 17.9 Å². The molecule has 6 nitrogen and oxygen atoms in total. The van der Waals surface area contributed by atoms with Crippen molar-refractivity contribution in [1.29, 1.82) is 0 Å². The van der Waals surface area contributed by atoms with Gasteiger partial charge in [-0.1, -0.05) is 0 Å². The van der Waals surface area contributed by atoms with Crippen LogP contribution in [0.3, 0.4) is 0 Å². The van der Waals surface area contributed by atoms with E-state index in [0.717, 1.165) is 22.0 Å². The monoisotopic (exact) mass is 344 g/mol. The zero-order chi connectivity index (χ0) is 17.4. The highest BCUT2D eigenvalue weighted by atomic mass is 32.1. The normalized spacial score (nSPS) is 12.4. The number of hydrogen-bond donors (Lipinski definition) is 1. The number of rotatable bonds is 4. The van der Waals surface area contributed by atoms with Crippen LogP contribution in [0.2, 0.25) is 0 Å². The van der Waals surface area contributed by atoms with Gasteiger partial charge in [-0.15, -0.1) is 11.3 Å². The van der Waals surface area contributed by atoms with Crippen LogP contribution in [0.25, 0.3) is 10.8 Å². The fourth-order valence-corrected chi connectivity index (χ4v) is 3.47. The molecule has 0 bridgehead atoms. The van der Waals surface area contributed by atoms with Crippen molar-refractivity contribution in [3.05, 3.63) is 45.9 Å². The maximum atomic E-state index is 12.6. The Labute approximate surface area is 144 Å². The highest BCUT2D eigenvalue weighted by Gasteiger charge is 2.21. The summed E-state index contributed by atoms with van der Waals surface area (Å²) < 4.78 is 7.39. The molecule has 0 saturated carbocycles. The van der Waals surface area contributed by atoms with Crippen molar-refractivity contribution in [2.45, 2.75) is 33.7 Å². The van der Waals surface area contributed by atoms with Gasteiger partial charge in [0.1, 0.15) is 10.6 Å². The largest absolute Gasteiger partial charge is 0.459 e. The van der Waals surface area contributed by atoms with Crippen LogP contribution in [-0.2, 0) is 7.05 Å². The average molecular weight is 344 g/mol. The molecule has 0 aromatic carbocycles. The molecule has 0 aliphatic rings. The summed E-state index contributed by atoms with van der Waals surface area (Å²) in [6.07, 6.45) is 1.79. The van der Waals surface area contributed by atoms with Crippen molar-refractivity contribution in [3.63, 3.8) is 0 Å². The predicted octanol–water partition coefficient (Wildman–Crippen LogP) is 3.55. The van der Waals surface area contributed by atoms with E-state index in [1.807, 2.05) is 46.9 Å². The third-order valence-electron chi connectivity index (χ3n) is 4.04. The summed E-state index contributed by atoms with van der Waals surface area (Å²) in [5.41, 5.74) is 2.75. The second-order valence-corrected chi connectivity index (χ2v) is 6.85. The number of aryl methyl sites for hydroxylation is 3. The molecule has 24 heavy (non-hydrogen) atoms. The Hall–Kier alpha value is -2.41. The fraction of sp³-hybridized carbons (Fsp3) is 0.353. The highest BCUT2D eigenvalue weighted by molar-refractivity contribution is 7.17. The molecule has 0 radical (unpaired) electrons. The van der Waals surface area contributed by atoms with Gasteiger partial charge in [0.15, 0.2) is 10.8 Å². The van der Waals surface area contributed by atoms with Crippen LogP contribution >= 0.6 is 11.3 Å². The van der Waals surface area contributed by atoms with Gasteiger partial charge in [-0.25, -0.2) is 4.98 Å². The number of aromatic nitrogens is 3. The van der Waals surface area contributed by atoms with Crippen molar-refractivity contribution in [3.8, 4) is 10.8 Å². The summed E-state index contributed by atoms with van der Waals surface area (Å²) in [4.78, 5) is 17.7. The molecule has 0 fully saturated rings. The van der Waals surface area contributed by atoms with Crippen molar-refractivity contribution in [2.75, 3.05) is 0 Å². The smallest absolute Gasteiger partial charge is 0.263 e. The Morgan fingerprint density at radius 2 is 2.08 bits per heavy atom. The van der Waals surface area contributed by atoms with Gasteiger partial charge < -0.3 is 9.73 Å². The summed E-state index contributed by atoms with van der Waals surface area (Å²) >= 11 is 1.34. The number of hydrogen-bond acceptors (Lipinski definition) is 5. The number of nitrogens with one attached hydrogen (secondary N) is 1. The number of carbonyl (C=O) groups is 1. The first-order valence-electron chi connectivity index (χ1n) is 7.70. The van der Waals surface area contributed by atoms with Gasteiger partial charge >= 0.3 is 0 Å². The second-order valence-electron chi connectivity index (χ2n) is 5.85. The van der Waals surface area contributed by atoms with E-state index in [1.165, 1.54) is 11.3 Å². The number of thiazole rings is 1. The summed E-state index contributed by atoms with van der Waals surface area (Å²) in [5, 5.41) is 7.97. The lowest BCUT2D eigenvalue weighted by atomic mass is 10.1. The SMILES string of the molecule is Cc1ccc(-c2nc(C)c(C(=O)N[C@@H](C)c3cnn(C)c3C)s2)o1. The van der Waals surface area contributed by atoms with Crippen LogP contribution in [0.1, 0.15) is 45.3 Å². The molecule has 0 unspecified atom stereocenters. The standard InChI is InChI=1S/C17H20N4O2S/c1-9-6-7-14(23-9)17-20-11(3)15(24-17)16(22)19-10(2)13-8-18-21(5)12(13)4/h6-8,10H,1-5H3,(H,19,22)/t10-/m0/s1. The van der Waals surface area contributed by atoms with Crippen LogP contribution in [0, 0.1) is 20.8 Å². The Bertz CT molecular complexity index is 890. The van der Waals surface area contributed by atoms with Gasteiger partial charge in [-0.05, 0) is 39.8 Å². The van der Waals surface area contributed by atoms with E-state index in [-0.39, 0.29) is 11.9 Å². The van der Waals surface area contributed by atoms with E-state index >= 15 is 0 Å². The third kappa shape index (κ3) is 2.99. The van der Waals surface area contributed by atoms with E-state index in [1.54, 1.807) is 10.9 Å². The van der Waals surface area contributed by atoms with E-state index in [0.29, 0.717) is 16.3 Å². The van der Waals surface area contributed by atoms with Crippen LogP contribution in [0.15, 0.2) is 22.7 Å². The zero-order valence-corrected chi connectivity index (χ0v) is 15.2. The van der Waals surface area contributed by atoms with Gasteiger partial charge in [-0.2, -0.15) is 5.10 Å². The zero-order valence-electron chi connectivity index (χ0n) is 14.4. The van der Waals surface area contributed by atoms with Crippen molar-refractivity contribution in [1.82, 2.24) is 20.1 Å². The van der Waals surface area contributed by atoms with E-state index < -0.39 is 0 Å². The average Bonchev–Trinajstić information content (AvgIpc) is 3.20. The molecule has 3 aromatic rings. The van der Waals surface area contributed by atoms with Crippen molar-refractivity contribution in [2.24, 2.45) is 7.05 Å². The minimum atomic E-state index is -0.129. The van der Waals surface area contributed by atoms with Gasteiger partial charge in [-0.3, -0.25) is 9.48 Å². The number of amides is 1. The molecule has 0 saturated heterocycles. The summed E-state index contributed by atoms with van der Waals surface area (Å²) in [6.45, 7) is 7.66. The van der Waals surface area contributed by atoms with Gasteiger partial charge in [0.25, 0.3) is 5.91 Å². The molecule has 126 valence electrons. The van der Waals surface area contributed by atoms with Crippen molar-refractivity contribution < 1.29 is 9.21 Å². The fourth-order valence-electron chi connectivity index (χ4n) is 2.54. The Morgan fingerprint density at radius 1 is 1.33 bits per heavy atom. The molecular weight excluding hydrogens is 324 g/mol. The van der Waals surface area contributed by atoms with Gasteiger partial charge in [0.2, 0.25) is 0 Å². The van der Waals surface area contributed by atoms with Crippen molar-refractivity contribution >= 4 is 17.2 Å². The molecule has 1 atom stereocenters. The Kier molecular flexibility index (Phi) is 4.28. The molecule has 3 heterocycles. The van der Waals surface area contributed by atoms with Crippen LogP contribution in [0.4, 0.5) is 0 Å². The summed E-state index contributed by atoms with van der Waals surface area (Å²) in [7, 11) is 1.89. The first kappa shape index (κ1) is 16.4. The first-order chi connectivity index (χ1) is 11.4. The molecule has 0 aliphatic heterocycles. The Balaban J connectivity index is 1.80. The molecule has 7 heteroatoms. The lowest BCUT2D eigenvalue weighted by Crippen LogP contribution is -2.26. The van der Waals surface area contributed by atoms with E-state index in [2.05, 4.69) is 15.4 Å². The van der Waals surface area contributed by atoms with Crippen LogP contribution in [-0.4, -0.2) is 20.7 Å². The predicted molar refractivity (Wildman–Crippen MR) is 93.1 cm³/mol. The van der Waals surface area contributed by atoms with E-state index in [4.69, 9.17) is 4.42 Å². The number of furan rings is 1. The Morgan fingerprint density at radius 3 is 2.67 bits per heavy atom. The lowest BCUT2D eigenvalue weighted by Gasteiger charge is -2.13. The summed E-state index contributed by atoms with van der Waals surface area (Å²) in [5.74, 6) is 1.38. The topological polar surface area (TPSA) is 73.0 Å². The second kappa shape index (κ2) is 6.24. The first-order valence-corrected chi connectivity index (χ1v) is 8.52. The molecule has 0 spiro atoms.